The smallest absolute Gasteiger partial charge is 0.301 e. The maximum Gasteiger partial charge on any atom is 0.301 e. The van der Waals surface area contributed by atoms with E-state index in [4.69, 9.17) is 52.5 Å². The number of carboxylic acids is 1. The van der Waals surface area contributed by atoms with E-state index in [2.05, 4.69) is 30.6 Å². The summed E-state index contributed by atoms with van der Waals surface area (Å²) in [6.45, 7) is 10.8. The molecule has 0 radical (unpaired) electrons. The normalized spacial score (nSPS) is 17.0. The fourth-order valence-electron chi connectivity index (χ4n) is 14.4. The Balaban J connectivity index is 0.000000149. The number of carbonyl (C=O) groups is 7. The molecular formula is C95H82F3N9O20S6. The molecule has 9 aromatic carbocycles. The zero-order valence-corrected chi connectivity index (χ0v) is 76.2. The van der Waals surface area contributed by atoms with Crippen LogP contribution in [0.4, 0.5) is 28.6 Å². The number of ether oxygens (including phenoxy) is 9. The maximum atomic E-state index is 14.1. The van der Waals surface area contributed by atoms with Crippen molar-refractivity contribution in [2.45, 2.75) is 95.4 Å². The average molecular weight is 1920 g/mol. The molecule has 3 amide bonds. The van der Waals surface area contributed by atoms with Gasteiger partial charge in [0.05, 0.1) is 54.7 Å². The van der Waals surface area contributed by atoms with E-state index in [-0.39, 0.29) is 66.8 Å². The molecule has 18 rings (SSSR count). The van der Waals surface area contributed by atoms with E-state index < -0.39 is 59.2 Å². The zero-order chi connectivity index (χ0) is 93.3. The third kappa shape index (κ3) is 21.7. The Hall–Kier alpha value is -13.8. The molecule has 9 heterocycles. The van der Waals surface area contributed by atoms with Gasteiger partial charge in [-0.2, -0.15) is 0 Å². The minimum absolute atomic E-state index is 0.106. The van der Waals surface area contributed by atoms with Crippen LogP contribution in [0.2, 0.25) is 0 Å². The van der Waals surface area contributed by atoms with Crippen molar-refractivity contribution >= 4 is 143 Å². The number of Topliss-reactive ketones (excluding diaryl/α,β-unsaturated/α-hetero) is 3. The fraction of sp³-hybridized carbons (Fsp3) is 0.232. The molecule has 684 valence electrons. The Morgan fingerprint density at radius 3 is 0.895 bits per heavy atom. The molecule has 3 fully saturated rings. The fourth-order valence-corrected chi connectivity index (χ4v) is 20.0. The number of benzene rings is 9. The molecule has 0 spiro atoms. The molecule has 133 heavy (non-hydrogen) atoms. The number of fused-ring (bicyclic) bond motifs is 3. The molecule has 6 aliphatic heterocycles. The Bertz CT molecular complexity index is 5890. The van der Waals surface area contributed by atoms with Crippen LogP contribution in [0, 0.1) is 17.5 Å². The van der Waals surface area contributed by atoms with Gasteiger partial charge in [0.15, 0.2) is 47.5 Å². The summed E-state index contributed by atoms with van der Waals surface area (Å²) >= 11 is 7.12. The lowest BCUT2D eigenvalue weighted by atomic mass is 9.95. The number of anilines is 3. The molecule has 29 nitrogen and oxygen atoms in total. The number of halogens is 3. The summed E-state index contributed by atoms with van der Waals surface area (Å²) in [7, 11) is 0. The third-order valence-electron chi connectivity index (χ3n) is 20.5. The summed E-state index contributed by atoms with van der Waals surface area (Å²) in [6, 6.07) is 52.0. The van der Waals surface area contributed by atoms with Gasteiger partial charge in [-0.15, -0.1) is 30.6 Å². The average Bonchev–Trinajstić information content (AvgIpc) is 1.60. The van der Waals surface area contributed by atoms with Gasteiger partial charge < -0.3 is 63.1 Å². The van der Waals surface area contributed by atoms with Crippen LogP contribution in [0.1, 0.15) is 115 Å². The quantitative estimate of drug-likeness (QED) is 0.0122. The minimum Gasteiger partial charge on any atom is -0.507 e. The van der Waals surface area contributed by atoms with Crippen molar-refractivity contribution < 1.29 is 110 Å². The lowest BCUT2D eigenvalue weighted by Gasteiger charge is -2.23. The number of aromatic nitrogens is 6. The van der Waals surface area contributed by atoms with Gasteiger partial charge in [0.2, 0.25) is 15.4 Å². The molecule has 3 unspecified atom stereocenters. The number of aliphatic hydroxyl groups excluding tert-OH is 3. The SMILES string of the molecule is CC(=O)O.CCCOc1cccc(C2/C(=C(\O)c3ccc4c(c3)OCCO4)C(=O)C(=O)N2c2nnc(SCc3ccccc3F)s2)c1.CCCOc1cccc(C2/C(=C(\O)c3ccc4c(c3)OCCO4)C(=O)C(=O)N2c2nnc(SCc3ccccc3F)s2)c1.CCCOc1cccc(C2/C(=C(\O)c3ccc4c(c3)OCCO4)C(=O)C(=O)N2c2nnc(SCc3ccccc3F)s2)c1. The van der Waals surface area contributed by atoms with E-state index in [0.29, 0.717) is 192 Å². The van der Waals surface area contributed by atoms with Gasteiger partial charge in [-0.25, -0.2) is 13.2 Å². The van der Waals surface area contributed by atoms with Crippen molar-refractivity contribution in [2.24, 2.45) is 0 Å². The molecule has 3 atom stereocenters. The maximum absolute atomic E-state index is 14.1. The van der Waals surface area contributed by atoms with Crippen LogP contribution >= 0.6 is 69.3 Å². The number of carbonyl (C=O) groups excluding carboxylic acids is 6. The summed E-state index contributed by atoms with van der Waals surface area (Å²) in [4.78, 5) is 94.3. The molecule has 3 saturated heterocycles. The number of thioether (sulfide) groups is 3. The summed E-state index contributed by atoms with van der Waals surface area (Å²) in [5.41, 5.74) is 3.72. The standard InChI is InChI=1S/3C31H26FN3O6S2.C2H4O2/c3*1-2-12-39-21-8-5-7-18(15-21)26-25(27(36)19-10-11-23-24(16-19)41-14-13-40-23)28(37)29(38)35(26)30-33-34-31(43-30)42-17-20-6-3-4-9-22(20)32;1-2(3)4/h3*3-11,15-16,26,36H,2,12-14,17H2,1H3;1H3,(H,3,4)/b3*27-25+;. The highest BCUT2D eigenvalue weighted by molar-refractivity contribution is 8.00. The Kier molecular flexibility index (Phi) is 30.7. The highest BCUT2D eigenvalue weighted by Gasteiger charge is 2.52. The lowest BCUT2D eigenvalue weighted by Crippen LogP contribution is -2.29. The van der Waals surface area contributed by atoms with Gasteiger partial charge in [-0.05, 0) is 162 Å². The van der Waals surface area contributed by atoms with Crippen molar-refractivity contribution in [3.05, 3.63) is 284 Å². The highest BCUT2D eigenvalue weighted by atomic mass is 32.2. The number of aliphatic hydroxyl groups is 3. The first-order chi connectivity index (χ1) is 64.6. The minimum atomic E-state index is -1.02. The summed E-state index contributed by atoms with van der Waals surface area (Å²) < 4.78 is 95.1. The second-order valence-corrected chi connectivity index (χ2v) is 36.1. The van der Waals surface area contributed by atoms with Gasteiger partial charge >= 0.3 is 17.7 Å². The van der Waals surface area contributed by atoms with Crippen molar-refractivity contribution in [1.29, 1.82) is 0 Å². The first-order valence-corrected chi connectivity index (χ1v) is 47.1. The number of rotatable bonds is 27. The molecular weight excluding hydrogens is 1840 g/mol. The van der Waals surface area contributed by atoms with Gasteiger partial charge in [-0.3, -0.25) is 48.3 Å². The van der Waals surface area contributed by atoms with Gasteiger partial charge in [0.25, 0.3) is 23.3 Å². The van der Waals surface area contributed by atoms with E-state index in [0.717, 1.165) is 60.2 Å². The van der Waals surface area contributed by atoms with E-state index in [9.17, 15) is 57.3 Å². The molecule has 38 heteroatoms. The molecule has 6 aliphatic rings. The molecule has 0 bridgehead atoms. The van der Waals surface area contributed by atoms with Crippen LogP contribution < -0.4 is 57.3 Å². The number of nitrogens with zero attached hydrogens (tertiary/aromatic N) is 9. The van der Waals surface area contributed by atoms with Gasteiger partial charge in [-0.1, -0.05) is 181 Å². The predicted molar refractivity (Wildman–Crippen MR) is 494 cm³/mol. The summed E-state index contributed by atoms with van der Waals surface area (Å²) in [5, 5.41) is 67.8. The van der Waals surface area contributed by atoms with Crippen LogP contribution in [-0.2, 0) is 50.8 Å². The first kappa shape index (κ1) is 93.9. The summed E-state index contributed by atoms with van der Waals surface area (Å²) in [6.07, 6.45) is 2.39. The largest absolute Gasteiger partial charge is 0.507 e. The molecule has 0 saturated carbocycles. The predicted octanol–water partition coefficient (Wildman–Crippen LogP) is 18.6. The van der Waals surface area contributed by atoms with Crippen LogP contribution in [0.25, 0.3) is 17.3 Å². The van der Waals surface area contributed by atoms with Crippen molar-refractivity contribution in [3.8, 4) is 51.7 Å². The molecule has 0 aliphatic carbocycles. The van der Waals surface area contributed by atoms with Crippen LogP contribution in [0.5, 0.6) is 51.7 Å². The number of ketones is 3. The first-order valence-electron chi connectivity index (χ1n) is 41.7. The highest BCUT2D eigenvalue weighted by Crippen LogP contribution is 2.51. The van der Waals surface area contributed by atoms with E-state index in [1.54, 1.807) is 182 Å². The second-order valence-electron chi connectivity index (χ2n) is 29.6. The van der Waals surface area contributed by atoms with Crippen molar-refractivity contribution in [2.75, 3.05) is 74.2 Å². The van der Waals surface area contributed by atoms with E-state index in [1.807, 2.05) is 20.8 Å². The molecule has 12 aromatic rings. The number of hydrogen-bond acceptors (Lipinski definition) is 31. The van der Waals surface area contributed by atoms with Crippen molar-refractivity contribution in [1.82, 2.24) is 30.6 Å². The molecule has 3 aromatic heterocycles. The van der Waals surface area contributed by atoms with Crippen LogP contribution in [0.15, 0.2) is 230 Å². The summed E-state index contributed by atoms with van der Waals surface area (Å²) in [5.74, 6) is -2.60. The van der Waals surface area contributed by atoms with Gasteiger partial charge in [0, 0.05) is 40.9 Å². The Morgan fingerprint density at radius 1 is 0.368 bits per heavy atom. The molecule has 4 N–H and O–H groups in total. The zero-order valence-electron chi connectivity index (χ0n) is 71.3. The number of carboxylic acid groups (broad SMARTS) is 1. The second kappa shape index (κ2) is 43.5. The topological polar surface area (TPSA) is 371 Å². The Labute approximate surface area is 783 Å². The van der Waals surface area contributed by atoms with E-state index in [1.165, 1.54) is 68.2 Å². The lowest BCUT2D eigenvalue weighted by molar-refractivity contribution is -0.134. The van der Waals surface area contributed by atoms with Gasteiger partial charge in [0.1, 0.15) is 91.6 Å². The van der Waals surface area contributed by atoms with Crippen LogP contribution in [0.3, 0.4) is 0 Å². The van der Waals surface area contributed by atoms with Crippen molar-refractivity contribution in [3.63, 3.8) is 0 Å². The van der Waals surface area contributed by atoms with Crippen LogP contribution in [-0.4, -0.2) is 152 Å². The number of hydrogen-bond donors (Lipinski definition) is 4. The monoisotopic (exact) mass is 1920 g/mol. The number of aliphatic carboxylic acids is 1. The number of amides is 3. The van der Waals surface area contributed by atoms with E-state index >= 15 is 0 Å². The third-order valence-corrected chi connectivity index (χ3v) is 26.8. The Morgan fingerprint density at radius 2 is 0.632 bits per heavy atom.